The Labute approximate surface area is 209 Å². The Morgan fingerprint density at radius 2 is 1.79 bits per heavy atom. The molecule has 0 saturated heterocycles. The normalized spacial score (nSPS) is 16.0. The van der Waals surface area contributed by atoms with Crippen molar-refractivity contribution >= 4 is 41.0 Å². The summed E-state index contributed by atoms with van der Waals surface area (Å²) in [4.78, 5) is 39.9. The second kappa shape index (κ2) is 11.5. The van der Waals surface area contributed by atoms with E-state index in [0.717, 1.165) is 17.5 Å². The minimum absolute atomic E-state index is 0.0982. The quantitative estimate of drug-likeness (QED) is 0.484. The maximum atomic E-state index is 13.2. The average molecular weight is 503 g/mol. The molecule has 2 aromatic rings. The molecule has 1 aliphatic heterocycles. The maximum absolute atomic E-state index is 13.2. The molecule has 2 amide bonds. The van der Waals surface area contributed by atoms with Crippen LogP contribution in [-0.2, 0) is 20.9 Å². The van der Waals surface area contributed by atoms with Crippen LogP contribution in [0.2, 0.25) is 10.0 Å². The van der Waals surface area contributed by atoms with Crippen LogP contribution in [0.3, 0.4) is 0 Å². The number of halogens is 2. The lowest BCUT2D eigenvalue weighted by atomic mass is 9.83. The van der Waals surface area contributed by atoms with Crippen molar-refractivity contribution in [3.63, 3.8) is 0 Å². The Bertz CT molecular complexity index is 1110. The monoisotopic (exact) mass is 502 g/mol. The van der Waals surface area contributed by atoms with Crippen molar-refractivity contribution in [2.45, 2.75) is 46.1 Å². The highest BCUT2D eigenvalue weighted by atomic mass is 35.5. The number of hydrogen-bond acceptors (Lipinski definition) is 4. The average Bonchev–Trinajstić information content (AvgIpc) is 2.82. The van der Waals surface area contributed by atoms with Crippen molar-refractivity contribution < 1.29 is 19.1 Å². The molecule has 6 nitrogen and oxygen atoms in total. The van der Waals surface area contributed by atoms with E-state index in [1.165, 1.54) is 0 Å². The molecule has 34 heavy (non-hydrogen) atoms. The summed E-state index contributed by atoms with van der Waals surface area (Å²) in [7, 11) is 0. The van der Waals surface area contributed by atoms with E-state index in [9.17, 15) is 14.4 Å². The summed E-state index contributed by atoms with van der Waals surface area (Å²) < 4.78 is 5.33. The molecule has 1 aliphatic rings. The standard InChI is InChI=1S/C26H28Cl2N2O4/c1-4-12-29-25(32)18-8-6-17(7-9-18)15-30-16(3)24(26(33)34-5-2)20(14-23(30)31)19-10-11-21(27)22(28)13-19/h6-11,13,20H,4-5,12,14-15H2,1-3H3,(H,29,32). The minimum atomic E-state index is -0.484. The van der Waals surface area contributed by atoms with Gasteiger partial charge in [0.25, 0.3) is 5.91 Å². The van der Waals surface area contributed by atoms with Gasteiger partial charge in [0, 0.05) is 30.1 Å². The summed E-state index contributed by atoms with van der Waals surface area (Å²) in [6, 6.07) is 12.2. The van der Waals surface area contributed by atoms with Gasteiger partial charge in [-0.2, -0.15) is 0 Å². The van der Waals surface area contributed by atoms with E-state index >= 15 is 0 Å². The number of carbonyl (C=O) groups is 3. The van der Waals surface area contributed by atoms with Crippen LogP contribution < -0.4 is 5.32 Å². The molecule has 1 unspecified atom stereocenters. The molecule has 180 valence electrons. The Kier molecular flexibility index (Phi) is 8.75. The molecule has 0 aliphatic carbocycles. The molecule has 0 fully saturated rings. The van der Waals surface area contributed by atoms with Gasteiger partial charge in [0.2, 0.25) is 5.91 Å². The van der Waals surface area contributed by atoms with Gasteiger partial charge in [-0.15, -0.1) is 0 Å². The first-order valence-corrected chi connectivity index (χ1v) is 12.0. The molecule has 3 rings (SSSR count). The van der Waals surface area contributed by atoms with Crippen LogP contribution in [0.15, 0.2) is 53.7 Å². The zero-order valence-electron chi connectivity index (χ0n) is 19.5. The molecule has 0 spiro atoms. The molecule has 1 heterocycles. The first-order valence-electron chi connectivity index (χ1n) is 11.3. The fourth-order valence-corrected chi connectivity index (χ4v) is 4.28. The second-order valence-electron chi connectivity index (χ2n) is 8.08. The van der Waals surface area contributed by atoms with Gasteiger partial charge in [-0.25, -0.2) is 4.79 Å². The zero-order chi connectivity index (χ0) is 24.8. The fraction of sp³-hybridized carbons (Fsp3) is 0.346. The van der Waals surface area contributed by atoms with Crippen LogP contribution in [0.4, 0.5) is 0 Å². The van der Waals surface area contributed by atoms with Gasteiger partial charge in [0.1, 0.15) is 0 Å². The highest BCUT2D eigenvalue weighted by Crippen LogP contribution is 2.39. The minimum Gasteiger partial charge on any atom is -0.463 e. The van der Waals surface area contributed by atoms with E-state index in [1.807, 2.05) is 19.1 Å². The number of rotatable bonds is 8. The van der Waals surface area contributed by atoms with Crippen LogP contribution in [0.1, 0.15) is 61.0 Å². The van der Waals surface area contributed by atoms with Crippen LogP contribution in [-0.4, -0.2) is 35.8 Å². The Morgan fingerprint density at radius 1 is 1.09 bits per heavy atom. The number of nitrogens with zero attached hydrogens (tertiary/aromatic N) is 1. The van der Waals surface area contributed by atoms with Crippen molar-refractivity contribution in [3.05, 3.63) is 80.5 Å². The van der Waals surface area contributed by atoms with Crippen LogP contribution in [0.5, 0.6) is 0 Å². The lowest BCUT2D eigenvalue weighted by Gasteiger charge is -2.34. The molecule has 0 aromatic heterocycles. The second-order valence-corrected chi connectivity index (χ2v) is 8.90. The van der Waals surface area contributed by atoms with E-state index in [1.54, 1.807) is 49.1 Å². The third-order valence-electron chi connectivity index (χ3n) is 5.76. The smallest absolute Gasteiger partial charge is 0.336 e. The van der Waals surface area contributed by atoms with E-state index in [-0.39, 0.29) is 31.4 Å². The summed E-state index contributed by atoms with van der Waals surface area (Å²) in [5.41, 5.74) is 3.09. The SMILES string of the molecule is CCCNC(=O)c1ccc(CN2C(=O)CC(c3ccc(Cl)c(Cl)c3)C(C(=O)OCC)=C2C)cc1. The number of hydrogen-bond donors (Lipinski definition) is 1. The van der Waals surface area contributed by atoms with Gasteiger partial charge < -0.3 is 15.0 Å². The number of ether oxygens (including phenoxy) is 1. The summed E-state index contributed by atoms with van der Waals surface area (Å²) >= 11 is 12.3. The summed E-state index contributed by atoms with van der Waals surface area (Å²) in [5, 5.41) is 3.60. The van der Waals surface area contributed by atoms with E-state index in [0.29, 0.717) is 33.4 Å². The summed E-state index contributed by atoms with van der Waals surface area (Å²) in [5.74, 6) is -1.20. The summed E-state index contributed by atoms with van der Waals surface area (Å²) in [6.45, 7) is 6.60. The lowest BCUT2D eigenvalue weighted by Crippen LogP contribution is -2.38. The molecule has 0 saturated carbocycles. The number of carbonyl (C=O) groups excluding carboxylic acids is 3. The number of benzene rings is 2. The van der Waals surface area contributed by atoms with Crippen molar-refractivity contribution in [3.8, 4) is 0 Å². The van der Waals surface area contributed by atoms with E-state index < -0.39 is 11.9 Å². The number of esters is 1. The molecular formula is C26H28Cl2N2O4. The predicted octanol–water partition coefficient (Wildman–Crippen LogP) is 5.49. The van der Waals surface area contributed by atoms with Gasteiger partial charge in [-0.3, -0.25) is 9.59 Å². The Balaban J connectivity index is 1.91. The lowest BCUT2D eigenvalue weighted by molar-refractivity contribution is -0.140. The van der Waals surface area contributed by atoms with Crippen LogP contribution >= 0.6 is 23.2 Å². The first kappa shape index (κ1) is 25.8. The van der Waals surface area contributed by atoms with Crippen molar-refractivity contribution in [1.82, 2.24) is 10.2 Å². The number of nitrogens with one attached hydrogen (secondary N) is 1. The van der Waals surface area contributed by atoms with Crippen LogP contribution in [0, 0.1) is 0 Å². The fourth-order valence-electron chi connectivity index (χ4n) is 3.98. The van der Waals surface area contributed by atoms with Crippen molar-refractivity contribution in [1.29, 1.82) is 0 Å². The van der Waals surface area contributed by atoms with Crippen molar-refractivity contribution in [2.24, 2.45) is 0 Å². The largest absolute Gasteiger partial charge is 0.463 e. The molecule has 0 radical (unpaired) electrons. The van der Waals surface area contributed by atoms with Gasteiger partial charge in [-0.05, 0) is 55.7 Å². The predicted molar refractivity (Wildman–Crippen MR) is 133 cm³/mol. The topological polar surface area (TPSA) is 75.7 Å². The van der Waals surface area contributed by atoms with E-state index in [2.05, 4.69) is 5.32 Å². The third kappa shape index (κ3) is 5.80. The number of amides is 2. The molecule has 2 aromatic carbocycles. The molecule has 8 heteroatoms. The highest BCUT2D eigenvalue weighted by molar-refractivity contribution is 6.42. The zero-order valence-corrected chi connectivity index (χ0v) is 21.0. The summed E-state index contributed by atoms with van der Waals surface area (Å²) in [6.07, 6.45) is 0.958. The third-order valence-corrected chi connectivity index (χ3v) is 6.50. The van der Waals surface area contributed by atoms with E-state index in [4.69, 9.17) is 27.9 Å². The van der Waals surface area contributed by atoms with Gasteiger partial charge in [-0.1, -0.05) is 48.3 Å². The van der Waals surface area contributed by atoms with Crippen LogP contribution in [0.25, 0.3) is 0 Å². The van der Waals surface area contributed by atoms with Crippen molar-refractivity contribution in [2.75, 3.05) is 13.2 Å². The highest BCUT2D eigenvalue weighted by Gasteiger charge is 2.37. The molecule has 0 bridgehead atoms. The Hall–Kier alpha value is -2.83. The maximum Gasteiger partial charge on any atom is 0.336 e. The molecule has 1 N–H and O–H groups in total. The van der Waals surface area contributed by atoms with Gasteiger partial charge in [0.15, 0.2) is 0 Å². The van der Waals surface area contributed by atoms with Gasteiger partial charge >= 0.3 is 5.97 Å². The molecular weight excluding hydrogens is 475 g/mol. The Morgan fingerprint density at radius 3 is 2.41 bits per heavy atom. The first-order chi connectivity index (χ1) is 16.3. The molecule has 1 atom stereocenters. The number of allylic oxidation sites excluding steroid dienone is 1. The van der Waals surface area contributed by atoms with Gasteiger partial charge in [0.05, 0.1) is 28.8 Å².